The Hall–Kier alpha value is -4.74. The molecule has 150 valence electrons. The first kappa shape index (κ1) is 21.5. The van der Waals surface area contributed by atoms with Gasteiger partial charge in [0.25, 0.3) is 11.4 Å². The number of hydrogen-bond acceptors (Lipinski definition) is 7. The van der Waals surface area contributed by atoms with Gasteiger partial charge >= 0.3 is 0 Å². The van der Waals surface area contributed by atoms with Gasteiger partial charge in [-0.3, -0.25) is 0 Å². The van der Waals surface area contributed by atoms with Crippen LogP contribution in [0.4, 0.5) is 0 Å². The Bertz CT molecular complexity index is 1700. The second-order valence-corrected chi connectivity index (χ2v) is 9.61. The van der Waals surface area contributed by atoms with E-state index in [-0.39, 0.29) is 17.0 Å². The summed E-state index contributed by atoms with van der Waals surface area (Å²) < 4.78 is 4.39. The largest absolute Gasteiger partial charge is 0.278 e. The van der Waals surface area contributed by atoms with Gasteiger partial charge in [0.2, 0.25) is 0 Å². The highest BCUT2D eigenvalue weighted by Gasteiger charge is 2.33. The Balaban J connectivity index is 2.16. The summed E-state index contributed by atoms with van der Waals surface area (Å²) in [5.41, 5.74) is 2.95. The van der Waals surface area contributed by atoms with Crippen molar-refractivity contribution in [2.24, 2.45) is 0 Å². The second kappa shape index (κ2) is 8.78. The maximum absolute atomic E-state index is 9.19. The van der Waals surface area contributed by atoms with E-state index in [0.29, 0.717) is 13.6 Å². The molecule has 3 aromatic rings. The van der Waals surface area contributed by atoms with Crippen molar-refractivity contribution in [3.8, 4) is 24.3 Å². The maximum Gasteiger partial charge on any atom is 0.278 e. The van der Waals surface area contributed by atoms with E-state index in [4.69, 9.17) is 13.1 Å². The summed E-state index contributed by atoms with van der Waals surface area (Å²) in [6.45, 7) is 14.4. The zero-order valence-corrected chi connectivity index (χ0v) is 18.8. The van der Waals surface area contributed by atoms with Crippen molar-refractivity contribution >= 4 is 67.7 Å². The molecule has 0 spiro atoms. The van der Waals surface area contributed by atoms with Crippen LogP contribution >= 0.6 is 34.0 Å². The van der Waals surface area contributed by atoms with Gasteiger partial charge in [0.15, 0.2) is 0 Å². The van der Waals surface area contributed by atoms with E-state index < -0.39 is 0 Å². The van der Waals surface area contributed by atoms with Crippen molar-refractivity contribution in [3.63, 3.8) is 0 Å². The summed E-state index contributed by atoms with van der Waals surface area (Å²) in [5, 5.41) is 36.7. The van der Waals surface area contributed by atoms with Crippen molar-refractivity contribution in [3.05, 3.63) is 86.4 Å². The summed E-state index contributed by atoms with van der Waals surface area (Å²) in [6, 6.07) is 18.5. The third-order valence-corrected chi connectivity index (χ3v) is 7.96. The molecule has 6 nitrogen and oxygen atoms in total. The monoisotopic (exact) mass is 474 g/mol. The molecule has 0 aliphatic heterocycles. The van der Waals surface area contributed by atoms with Crippen LogP contribution in [0.1, 0.15) is 0 Å². The number of nitrogens with zero attached hydrogens (tertiary/aromatic N) is 6. The van der Waals surface area contributed by atoms with E-state index in [0.717, 1.165) is 30.3 Å². The molecule has 3 heterocycles. The molecule has 0 N–H and O–H groups in total. The lowest BCUT2D eigenvalue weighted by Gasteiger charge is -1.75. The Morgan fingerprint density at radius 3 is 1.27 bits per heavy atom. The van der Waals surface area contributed by atoms with Gasteiger partial charge in [-0.25, -0.2) is 20.2 Å². The van der Waals surface area contributed by atoms with Crippen LogP contribution in [0.2, 0.25) is 0 Å². The van der Waals surface area contributed by atoms with E-state index in [2.05, 4.69) is 9.69 Å². The summed E-state index contributed by atoms with van der Waals surface area (Å²) >= 11 is 4.02. The molecule has 9 heteroatoms. The van der Waals surface area contributed by atoms with E-state index in [1.807, 2.05) is 42.5 Å². The third-order valence-electron chi connectivity index (χ3n) is 4.62. The van der Waals surface area contributed by atoms with Gasteiger partial charge in [0.1, 0.15) is 17.7 Å². The highest BCUT2D eigenvalue weighted by molar-refractivity contribution is 7.10. The molecule has 0 unspecified atom stereocenters. The minimum Gasteiger partial charge on any atom is -0.225 e. The first-order valence-corrected chi connectivity index (χ1v) is 11.4. The molecular formula is C24H6N6S3. The van der Waals surface area contributed by atoms with Crippen LogP contribution in [0.5, 0.6) is 0 Å². The van der Waals surface area contributed by atoms with E-state index >= 15 is 0 Å². The average Bonchev–Trinajstić information content (AvgIpc) is 3.29. The molecule has 0 saturated heterocycles. The number of hydrogen-bond donors (Lipinski definition) is 0. The lowest BCUT2D eigenvalue weighted by atomic mass is 10.3. The summed E-state index contributed by atoms with van der Waals surface area (Å²) in [6.07, 6.45) is 0. The number of rotatable bonds is 0. The first-order chi connectivity index (χ1) is 16.1. The van der Waals surface area contributed by atoms with Crippen LogP contribution in [-0.4, -0.2) is 0 Å². The van der Waals surface area contributed by atoms with Crippen molar-refractivity contribution in [1.82, 2.24) is 0 Å². The van der Waals surface area contributed by atoms with Crippen molar-refractivity contribution in [2.75, 3.05) is 0 Å². The van der Waals surface area contributed by atoms with Gasteiger partial charge < -0.3 is 0 Å². The minimum atomic E-state index is 0.0278. The van der Waals surface area contributed by atoms with Crippen LogP contribution in [0.3, 0.4) is 0 Å². The quantitative estimate of drug-likeness (QED) is 0.454. The Kier molecular flexibility index (Phi) is 5.72. The Labute approximate surface area is 198 Å². The van der Waals surface area contributed by atoms with E-state index in [9.17, 15) is 21.0 Å². The molecule has 0 aromatic carbocycles. The van der Waals surface area contributed by atoms with Crippen molar-refractivity contribution < 1.29 is 0 Å². The van der Waals surface area contributed by atoms with Gasteiger partial charge in [0, 0.05) is 39.4 Å². The summed E-state index contributed by atoms with van der Waals surface area (Å²) in [4.78, 5) is 6.56. The smallest absolute Gasteiger partial charge is 0.225 e. The zero-order valence-electron chi connectivity index (χ0n) is 16.4. The maximum atomic E-state index is 9.19. The molecule has 1 aliphatic carbocycles. The summed E-state index contributed by atoms with van der Waals surface area (Å²) in [7, 11) is 0. The lowest BCUT2D eigenvalue weighted by molar-refractivity contribution is 1.51. The van der Waals surface area contributed by atoms with Crippen LogP contribution in [0.15, 0.2) is 36.4 Å². The van der Waals surface area contributed by atoms with Crippen LogP contribution in [0.25, 0.3) is 43.4 Å². The van der Waals surface area contributed by atoms with Crippen LogP contribution in [-0.2, 0) is 0 Å². The lowest BCUT2D eigenvalue weighted by Crippen LogP contribution is -1.98. The molecule has 0 radical (unpaired) electrons. The minimum absolute atomic E-state index is 0.0278. The molecule has 0 atom stereocenters. The molecule has 4 rings (SSSR count). The molecule has 33 heavy (non-hydrogen) atoms. The average molecular weight is 475 g/mol. The predicted octanol–water partition coefficient (Wildman–Crippen LogP) is 1.04. The highest BCUT2D eigenvalue weighted by atomic mass is 32.1. The van der Waals surface area contributed by atoms with Gasteiger partial charge in [-0.1, -0.05) is 12.1 Å². The van der Waals surface area contributed by atoms with Crippen LogP contribution in [0, 0.1) is 58.5 Å². The van der Waals surface area contributed by atoms with E-state index in [1.54, 1.807) is 18.2 Å². The molecule has 1 aliphatic rings. The van der Waals surface area contributed by atoms with Gasteiger partial charge in [-0.05, 0) is 24.3 Å². The Morgan fingerprint density at radius 2 is 0.939 bits per heavy atom. The number of nitriles is 4. The topological polar surface area (TPSA) is 104 Å². The van der Waals surface area contributed by atoms with Crippen molar-refractivity contribution in [2.45, 2.75) is 0 Å². The molecule has 1 saturated carbocycles. The van der Waals surface area contributed by atoms with E-state index in [1.165, 1.54) is 34.0 Å². The van der Waals surface area contributed by atoms with Gasteiger partial charge in [0.05, 0.1) is 29.8 Å². The van der Waals surface area contributed by atoms with Gasteiger partial charge in [-0.2, -0.15) is 10.5 Å². The Morgan fingerprint density at radius 1 is 0.576 bits per heavy atom. The number of thiophene rings is 3. The molecule has 3 aromatic heterocycles. The summed E-state index contributed by atoms with van der Waals surface area (Å²) in [5.74, 6) is 0. The highest BCUT2D eigenvalue weighted by Crippen LogP contribution is 2.47. The zero-order chi connectivity index (χ0) is 23.5. The van der Waals surface area contributed by atoms with Gasteiger partial charge in [-0.15, -0.1) is 34.0 Å². The molecule has 1 fully saturated rings. The fourth-order valence-electron chi connectivity index (χ4n) is 3.14. The SMILES string of the molecule is [C-]#[N+]/C(C#N)=c1/ccc(=C2C(=c3ccc(=C(C#N)C#N)s3)C2=c2cc/c(=C(/C#N)[N+]#[C-])s2)s1. The third kappa shape index (κ3) is 3.73. The standard InChI is InChI=1S/C24H6N6S3/c1-29-14(11-27)17-4-7-20(32-17)23-22(19-6-3-16(31-19)13(9-25)10-26)24(23)21-8-5-18(33-21)15(12-28)30-2/h3-8H/b17-14-,18-15+,22-19?,23-20?,24-21?. The predicted molar refractivity (Wildman–Crippen MR) is 127 cm³/mol. The molecule has 0 bridgehead atoms. The molecular weight excluding hydrogens is 469 g/mol. The molecule has 0 amide bonds. The second-order valence-electron chi connectivity index (χ2n) is 6.36. The first-order valence-electron chi connectivity index (χ1n) is 9.00. The normalized spacial score (nSPS) is 18.4. The van der Waals surface area contributed by atoms with Crippen LogP contribution < -0.4 is 27.2 Å². The fraction of sp³-hybridized carbons (Fsp3) is 0. The fourth-order valence-corrected chi connectivity index (χ4v) is 6.15. The van der Waals surface area contributed by atoms with Crippen molar-refractivity contribution in [1.29, 1.82) is 21.0 Å².